The van der Waals surface area contributed by atoms with Crippen molar-refractivity contribution in [1.82, 2.24) is 20.4 Å². The molecule has 7 heteroatoms. The van der Waals surface area contributed by atoms with Crippen molar-refractivity contribution in [2.24, 2.45) is 4.99 Å². The van der Waals surface area contributed by atoms with Crippen LogP contribution in [0.1, 0.15) is 30.0 Å². The fraction of sp³-hybridized carbons (Fsp3) is 0.474. The third-order valence-electron chi connectivity index (χ3n) is 3.81. The zero-order chi connectivity index (χ0) is 18.1. The van der Waals surface area contributed by atoms with Crippen LogP contribution >= 0.6 is 24.0 Å². The SMILES string of the molecule is CCOc1cc(C)ccc1CNC(=NC)NCCCn1cc(C)cn1.I. The highest BCUT2D eigenvalue weighted by atomic mass is 127. The van der Waals surface area contributed by atoms with Gasteiger partial charge in [0.2, 0.25) is 0 Å². The summed E-state index contributed by atoms with van der Waals surface area (Å²) in [7, 11) is 1.78. The van der Waals surface area contributed by atoms with Crippen LogP contribution in [-0.2, 0) is 13.1 Å². The fourth-order valence-corrected chi connectivity index (χ4v) is 2.53. The molecule has 0 aliphatic rings. The summed E-state index contributed by atoms with van der Waals surface area (Å²) >= 11 is 0. The molecule has 2 N–H and O–H groups in total. The molecule has 0 unspecified atom stereocenters. The van der Waals surface area contributed by atoms with Gasteiger partial charge in [0.05, 0.1) is 12.8 Å². The molecule has 0 amide bonds. The summed E-state index contributed by atoms with van der Waals surface area (Å²) in [6.07, 6.45) is 4.92. The Bertz CT molecular complexity index is 699. The number of aliphatic imine (C=N–C) groups is 1. The Labute approximate surface area is 173 Å². The lowest BCUT2D eigenvalue weighted by molar-refractivity contribution is 0.336. The van der Waals surface area contributed by atoms with Gasteiger partial charge in [-0.15, -0.1) is 24.0 Å². The molecule has 0 bridgehead atoms. The maximum Gasteiger partial charge on any atom is 0.191 e. The molecule has 0 saturated heterocycles. The van der Waals surface area contributed by atoms with Crippen LogP contribution in [0, 0.1) is 13.8 Å². The van der Waals surface area contributed by atoms with Gasteiger partial charge in [-0.1, -0.05) is 12.1 Å². The first-order chi connectivity index (χ1) is 12.1. The number of aryl methyl sites for hydroxylation is 3. The van der Waals surface area contributed by atoms with E-state index in [9.17, 15) is 0 Å². The van der Waals surface area contributed by atoms with Gasteiger partial charge in [-0.3, -0.25) is 9.67 Å². The van der Waals surface area contributed by atoms with Crippen molar-refractivity contribution in [1.29, 1.82) is 0 Å². The molecular weight excluding hydrogens is 441 g/mol. The summed E-state index contributed by atoms with van der Waals surface area (Å²) < 4.78 is 7.69. The number of hydrogen-bond acceptors (Lipinski definition) is 3. The van der Waals surface area contributed by atoms with Crippen molar-refractivity contribution in [2.45, 2.75) is 40.3 Å². The predicted molar refractivity (Wildman–Crippen MR) is 118 cm³/mol. The van der Waals surface area contributed by atoms with Crippen LogP contribution in [0.4, 0.5) is 0 Å². The quantitative estimate of drug-likeness (QED) is 0.269. The van der Waals surface area contributed by atoms with Crippen LogP contribution in [0.25, 0.3) is 0 Å². The number of rotatable bonds is 8. The number of nitrogens with one attached hydrogen (secondary N) is 2. The molecule has 2 aromatic rings. The van der Waals surface area contributed by atoms with Crippen LogP contribution in [0.5, 0.6) is 5.75 Å². The van der Waals surface area contributed by atoms with Gasteiger partial charge >= 0.3 is 0 Å². The standard InChI is InChI=1S/C19H29N5O.HI/c1-5-25-18-11-15(2)7-8-17(18)13-22-19(20-4)21-9-6-10-24-14-16(3)12-23-24;/h7-8,11-12,14H,5-6,9-10,13H2,1-4H3,(H2,20,21,22);1H. The topological polar surface area (TPSA) is 63.5 Å². The first kappa shape index (κ1) is 22.3. The van der Waals surface area contributed by atoms with Crippen LogP contribution in [0.15, 0.2) is 35.6 Å². The Morgan fingerprint density at radius 3 is 2.69 bits per heavy atom. The Balaban J connectivity index is 0.00000338. The summed E-state index contributed by atoms with van der Waals surface area (Å²) in [5.41, 5.74) is 3.51. The highest BCUT2D eigenvalue weighted by Gasteiger charge is 2.05. The Kier molecular flexibility index (Phi) is 10.1. The largest absolute Gasteiger partial charge is 0.494 e. The van der Waals surface area contributed by atoms with E-state index < -0.39 is 0 Å². The number of ether oxygens (including phenoxy) is 1. The molecule has 0 fully saturated rings. The lowest BCUT2D eigenvalue weighted by Crippen LogP contribution is -2.37. The maximum atomic E-state index is 5.72. The van der Waals surface area contributed by atoms with Crippen molar-refractivity contribution >= 4 is 29.9 Å². The van der Waals surface area contributed by atoms with E-state index in [4.69, 9.17) is 4.74 Å². The van der Waals surface area contributed by atoms with Crippen molar-refractivity contribution in [2.75, 3.05) is 20.2 Å². The lowest BCUT2D eigenvalue weighted by Gasteiger charge is -2.15. The van der Waals surface area contributed by atoms with Gasteiger partial charge < -0.3 is 15.4 Å². The number of benzene rings is 1. The van der Waals surface area contributed by atoms with Crippen LogP contribution < -0.4 is 15.4 Å². The molecule has 0 atom stereocenters. The average Bonchev–Trinajstić information content (AvgIpc) is 3.01. The molecular formula is C19H30IN5O. The highest BCUT2D eigenvalue weighted by Crippen LogP contribution is 2.20. The molecule has 6 nitrogen and oxygen atoms in total. The minimum Gasteiger partial charge on any atom is -0.494 e. The normalized spacial score (nSPS) is 11.0. The number of guanidine groups is 1. The number of hydrogen-bond donors (Lipinski definition) is 2. The monoisotopic (exact) mass is 471 g/mol. The zero-order valence-corrected chi connectivity index (χ0v) is 18.4. The summed E-state index contributed by atoms with van der Waals surface area (Å²) in [6.45, 7) is 9.19. The third kappa shape index (κ3) is 7.23. The Morgan fingerprint density at radius 1 is 1.23 bits per heavy atom. The third-order valence-corrected chi connectivity index (χ3v) is 3.81. The van der Waals surface area contributed by atoms with Crippen molar-refractivity contribution in [3.63, 3.8) is 0 Å². The van der Waals surface area contributed by atoms with Gasteiger partial charge in [0, 0.05) is 38.4 Å². The Hall–Kier alpha value is -1.77. The van der Waals surface area contributed by atoms with Crippen molar-refractivity contribution in [3.05, 3.63) is 47.3 Å². The second kappa shape index (κ2) is 11.8. The van der Waals surface area contributed by atoms with E-state index in [0.29, 0.717) is 13.2 Å². The fourth-order valence-electron chi connectivity index (χ4n) is 2.53. The zero-order valence-electron chi connectivity index (χ0n) is 16.1. The van der Waals surface area contributed by atoms with E-state index in [0.717, 1.165) is 36.8 Å². The van der Waals surface area contributed by atoms with Gasteiger partial charge in [-0.25, -0.2) is 0 Å². The van der Waals surface area contributed by atoms with Gasteiger partial charge in [-0.2, -0.15) is 5.10 Å². The molecule has 0 saturated carbocycles. The number of nitrogens with zero attached hydrogens (tertiary/aromatic N) is 3. The highest BCUT2D eigenvalue weighted by molar-refractivity contribution is 14.0. The Morgan fingerprint density at radius 2 is 2.04 bits per heavy atom. The molecule has 1 aromatic heterocycles. The summed E-state index contributed by atoms with van der Waals surface area (Å²) in [5.74, 6) is 1.72. The number of halogens is 1. The second-order valence-electron chi connectivity index (χ2n) is 6.03. The minimum absolute atomic E-state index is 0. The van der Waals surface area contributed by atoms with E-state index in [1.807, 2.05) is 17.8 Å². The first-order valence-corrected chi connectivity index (χ1v) is 8.78. The predicted octanol–water partition coefficient (Wildman–Crippen LogP) is 3.27. The summed E-state index contributed by atoms with van der Waals surface area (Å²) in [5, 5.41) is 11.0. The van der Waals surface area contributed by atoms with Crippen LogP contribution in [0.2, 0.25) is 0 Å². The number of aromatic nitrogens is 2. The lowest BCUT2D eigenvalue weighted by atomic mass is 10.1. The second-order valence-corrected chi connectivity index (χ2v) is 6.03. The van der Waals surface area contributed by atoms with E-state index in [1.54, 1.807) is 7.05 Å². The average molecular weight is 471 g/mol. The molecule has 1 heterocycles. The summed E-state index contributed by atoms with van der Waals surface area (Å²) in [4.78, 5) is 4.28. The maximum absolute atomic E-state index is 5.72. The van der Waals surface area contributed by atoms with E-state index in [1.165, 1.54) is 11.1 Å². The molecule has 2 rings (SSSR count). The smallest absolute Gasteiger partial charge is 0.191 e. The van der Waals surface area contributed by atoms with Gasteiger partial charge in [0.25, 0.3) is 0 Å². The molecule has 0 radical (unpaired) electrons. The van der Waals surface area contributed by atoms with Gasteiger partial charge in [-0.05, 0) is 44.4 Å². The first-order valence-electron chi connectivity index (χ1n) is 8.78. The van der Waals surface area contributed by atoms with E-state index in [2.05, 4.69) is 59.0 Å². The molecule has 26 heavy (non-hydrogen) atoms. The van der Waals surface area contributed by atoms with Crippen molar-refractivity contribution in [3.8, 4) is 5.75 Å². The van der Waals surface area contributed by atoms with Crippen LogP contribution in [0.3, 0.4) is 0 Å². The van der Waals surface area contributed by atoms with Crippen LogP contribution in [-0.4, -0.2) is 35.9 Å². The molecule has 0 aliphatic carbocycles. The minimum atomic E-state index is 0. The molecule has 144 valence electrons. The summed E-state index contributed by atoms with van der Waals surface area (Å²) in [6, 6.07) is 6.27. The van der Waals surface area contributed by atoms with E-state index in [-0.39, 0.29) is 24.0 Å². The van der Waals surface area contributed by atoms with Crippen molar-refractivity contribution < 1.29 is 4.74 Å². The molecule has 0 spiro atoms. The molecule has 1 aromatic carbocycles. The van der Waals surface area contributed by atoms with Gasteiger partial charge in [0.1, 0.15) is 5.75 Å². The van der Waals surface area contributed by atoms with Gasteiger partial charge in [0.15, 0.2) is 5.96 Å². The molecule has 0 aliphatic heterocycles. The van der Waals surface area contributed by atoms with E-state index >= 15 is 0 Å².